The molecule has 3 N–H and O–H groups in total. The topological polar surface area (TPSA) is 55.1 Å². The number of nitrogens with two attached hydrogens (primary N) is 1. The fourth-order valence-electron chi connectivity index (χ4n) is 3.17. The molecule has 0 bridgehead atoms. The van der Waals surface area contributed by atoms with Gasteiger partial charge < -0.3 is 11.1 Å². The Morgan fingerprint density at radius 3 is 2.62 bits per heavy atom. The van der Waals surface area contributed by atoms with Crippen LogP contribution in [-0.4, -0.2) is 11.4 Å². The van der Waals surface area contributed by atoms with E-state index in [0.29, 0.717) is 12.0 Å². The monoisotopic (exact) mass is 364 g/mol. The molecule has 7 heteroatoms. The second-order valence-electron chi connectivity index (χ2n) is 6.66. The maximum absolute atomic E-state index is 12.8. The van der Waals surface area contributed by atoms with Gasteiger partial charge >= 0.3 is 6.18 Å². The van der Waals surface area contributed by atoms with Gasteiger partial charge in [0.15, 0.2) is 0 Å². The van der Waals surface area contributed by atoms with E-state index in [1.807, 2.05) is 6.92 Å². The molecular weight excluding hydrogens is 341 g/mol. The number of hydrogen-bond acceptors (Lipinski definition) is 2. The summed E-state index contributed by atoms with van der Waals surface area (Å²) in [7, 11) is 0. The van der Waals surface area contributed by atoms with Crippen LogP contribution in [-0.2, 0) is 11.0 Å². The summed E-state index contributed by atoms with van der Waals surface area (Å²) < 4.78 is 38.3. The van der Waals surface area contributed by atoms with Crippen molar-refractivity contribution in [3.8, 4) is 0 Å². The minimum absolute atomic E-state index is 0. The van der Waals surface area contributed by atoms with Crippen molar-refractivity contribution in [1.29, 1.82) is 0 Å². The van der Waals surface area contributed by atoms with Crippen molar-refractivity contribution in [2.24, 2.45) is 11.7 Å². The van der Waals surface area contributed by atoms with Crippen LogP contribution in [0.2, 0.25) is 0 Å². The third-order valence-corrected chi connectivity index (χ3v) is 4.64. The molecule has 1 aliphatic rings. The zero-order valence-electron chi connectivity index (χ0n) is 13.8. The summed E-state index contributed by atoms with van der Waals surface area (Å²) in [5.74, 6) is -0.482. The summed E-state index contributed by atoms with van der Waals surface area (Å²) in [5, 5.41) is 2.81. The lowest BCUT2D eigenvalue weighted by Crippen LogP contribution is -2.53. The van der Waals surface area contributed by atoms with Gasteiger partial charge in [-0.15, -0.1) is 12.4 Å². The second-order valence-corrected chi connectivity index (χ2v) is 6.66. The zero-order chi connectivity index (χ0) is 17.3. The van der Waals surface area contributed by atoms with Crippen molar-refractivity contribution in [1.82, 2.24) is 5.32 Å². The Labute approximate surface area is 146 Å². The molecule has 1 aromatic rings. The molecule has 0 spiro atoms. The van der Waals surface area contributed by atoms with Crippen LogP contribution in [0, 0.1) is 5.92 Å². The Morgan fingerprint density at radius 1 is 1.38 bits per heavy atom. The molecule has 0 radical (unpaired) electrons. The minimum atomic E-state index is -4.39. The maximum atomic E-state index is 12.8. The fourth-order valence-corrected chi connectivity index (χ4v) is 3.17. The van der Waals surface area contributed by atoms with Gasteiger partial charge in [0.1, 0.15) is 0 Å². The number of amides is 1. The Bertz CT molecular complexity index is 575. The number of hydrogen-bond donors (Lipinski definition) is 2. The quantitative estimate of drug-likeness (QED) is 0.844. The predicted molar refractivity (Wildman–Crippen MR) is 89.8 cm³/mol. The van der Waals surface area contributed by atoms with Crippen molar-refractivity contribution in [3.05, 3.63) is 35.4 Å². The predicted octanol–water partition coefficient (Wildman–Crippen LogP) is 4.21. The van der Waals surface area contributed by atoms with Gasteiger partial charge in [-0.25, -0.2) is 0 Å². The van der Waals surface area contributed by atoms with E-state index >= 15 is 0 Å². The molecule has 3 atom stereocenters. The van der Waals surface area contributed by atoms with Crippen molar-refractivity contribution in [2.45, 2.75) is 57.3 Å². The Hall–Kier alpha value is -1.27. The lowest BCUT2D eigenvalue weighted by atomic mass is 9.74. The smallest absolute Gasteiger partial charge is 0.349 e. The minimum Gasteiger partial charge on any atom is -0.349 e. The number of carbonyl (C=O) groups is 1. The first-order valence-corrected chi connectivity index (χ1v) is 7.87. The maximum Gasteiger partial charge on any atom is 0.416 e. The molecule has 3 nitrogen and oxygen atoms in total. The lowest BCUT2D eigenvalue weighted by molar-refractivity contribution is -0.137. The molecule has 1 aliphatic carbocycles. The van der Waals surface area contributed by atoms with E-state index in [9.17, 15) is 18.0 Å². The molecule has 136 valence electrons. The highest BCUT2D eigenvalue weighted by Crippen LogP contribution is 2.33. The first-order chi connectivity index (χ1) is 10.6. The molecule has 0 saturated heterocycles. The van der Waals surface area contributed by atoms with Crippen molar-refractivity contribution < 1.29 is 18.0 Å². The van der Waals surface area contributed by atoms with E-state index < -0.39 is 23.3 Å². The fraction of sp³-hybridized carbons (Fsp3) is 0.588. The summed E-state index contributed by atoms with van der Waals surface area (Å²) >= 11 is 0. The molecule has 1 aromatic carbocycles. The van der Waals surface area contributed by atoms with E-state index in [-0.39, 0.29) is 24.2 Å². The SMILES string of the molecule is CC(NC(=O)C1CCCCC1(C)N)c1cccc(C(F)(F)F)c1.Cl. The van der Waals surface area contributed by atoms with E-state index in [1.165, 1.54) is 6.07 Å². The van der Waals surface area contributed by atoms with Crippen LogP contribution in [0.15, 0.2) is 24.3 Å². The van der Waals surface area contributed by atoms with Crippen LogP contribution in [0.5, 0.6) is 0 Å². The average molecular weight is 365 g/mol. The summed E-state index contributed by atoms with van der Waals surface area (Å²) in [6.45, 7) is 3.55. The molecule has 0 heterocycles. The molecule has 24 heavy (non-hydrogen) atoms. The van der Waals surface area contributed by atoms with Gasteiger partial charge in [0, 0.05) is 5.54 Å². The highest BCUT2D eigenvalue weighted by molar-refractivity contribution is 5.85. The van der Waals surface area contributed by atoms with Crippen molar-refractivity contribution >= 4 is 18.3 Å². The van der Waals surface area contributed by atoms with Gasteiger partial charge in [-0.05, 0) is 44.4 Å². The van der Waals surface area contributed by atoms with Gasteiger partial charge in [-0.1, -0.05) is 25.0 Å². The largest absolute Gasteiger partial charge is 0.416 e. The second kappa shape index (κ2) is 7.74. The van der Waals surface area contributed by atoms with Crippen molar-refractivity contribution in [3.63, 3.8) is 0 Å². The normalized spacial score (nSPS) is 25.5. The number of benzene rings is 1. The van der Waals surface area contributed by atoms with Gasteiger partial charge in [-0.3, -0.25) is 4.79 Å². The van der Waals surface area contributed by atoms with Crippen LogP contribution in [0.4, 0.5) is 13.2 Å². The molecule has 3 unspecified atom stereocenters. The zero-order valence-corrected chi connectivity index (χ0v) is 14.6. The van der Waals surface area contributed by atoms with Gasteiger partial charge in [-0.2, -0.15) is 13.2 Å². The lowest BCUT2D eigenvalue weighted by Gasteiger charge is -2.37. The van der Waals surface area contributed by atoms with Gasteiger partial charge in [0.05, 0.1) is 17.5 Å². The molecule has 2 rings (SSSR count). The molecule has 1 fully saturated rings. The molecule has 0 aromatic heterocycles. The van der Waals surface area contributed by atoms with Crippen LogP contribution < -0.4 is 11.1 Å². The van der Waals surface area contributed by atoms with E-state index in [2.05, 4.69) is 5.32 Å². The summed E-state index contributed by atoms with van der Waals surface area (Å²) in [6, 6.07) is 4.54. The van der Waals surface area contributed by atoms with Crippen LogP contribution in [0.3, 0.4) is 0 Å². The highest BCUT2D eigenvalue weighted by atomic mass is 35.5. The number of carbonyl (C=O) groups excluding carboxylic acids is 1. The molecule has 1 saturated carbocycles. The van der Waals surface area contributed by atoms with E-state index in [1.54, 1.807) is 13.0 Å². The molecular formula is C17H24ClF3N2O. The summed E-state index contributed by atoms with van der Waals surface area (Å²) in [5.41, 5.74) is 5.37. The first-order valence-electron chi connectivity index (χ1n) is 7.87. The van der Waals surface area contributed by atoms with Crippen molar-refractivity contribution in [2.75, 3.05) is 0 Å². The third kappa shape index (κ3) is 4.86. The van der Waals surface area contributed by atoms with Gasteiger partial charge in [0.25, 0.3) is 0 Å². The highest BCUT2D eigenvalue weighted by Gasteiger charge is 2.38. The Balaban J connectivity index is 0.00000288. The van der Waals surface area contributed by atoms with Gasteiger partial charge in [0.2, 0.25) is 5.91 Å². The molecule has 1 amide bonds. The number of rotatable bonds is 3. The summed E-state index contributed by atoms with van der Waals surface area (Å²) in [4.78, 5) is 12.5. The molecule has 0 aliphatic heterocycles. The third-order valence-electron chi connectivity index (χ3n) is 4.64. The Kier molecular flexibility index (Phi) is 6.70. The van der Waals surface area contributed by atoms with E-state index in [0.717, 1.165) is 31.4 Å². The first kappa shape index (κ1) is 20.8. The van der Waals surface area contributed by atoms with Crippen LogP contribution in [0.1, 0.15) is 56.7 Å². The summed E-state index contributed by atoms with van der Waals surface area (Å²) in [6.07, 6.45) is -0.946. The number of alkyl halides is 3. The number of halogens is 4. The average Bonchev–Trinajstić information content (AvgIpc) is 2.45. The standard InChI is InChI=1S/C17H23F3N2O.ClH/c1-11(12-6-5-7-13(10-12)17(18,19)20)22-15(23)14-8-3-4-9-16(14,2)21;/h5-7,10-11,14H,3-4,8-9,21H2,1-2H3,(H,22,23);1H. The van der Waals surface area contributed by atoms with Crippen LogP contribution >= 0.6 is 12.4 Å². The Morgan fingerprint density at radius 2 is 2.04 bits per heavy atom. The number of nitrogens with one attached hydrogen (secondary N) is 1. The van der Waals surface area contributed by atoms with E-state index in [4.69, 9.17) is 5.73 Å². The van der Waals surface area contributed by atoms with Crippen LogP contribution in [0.25, 0.3) is 0 Å².